The highest BCUT2D eigenvalue weighted by molar-refractivity contribution is 5.95. The van der Waals surface area contributed by atoms with Crippen LogP contribution in [0, 0.1) is 0 Å². The third-order valence-corrected chi connectivity index (χ3v) is 3.86. The van der Waals surface area contributed by atoms with Gasteiger partial charge in [0.1, 0.15) is 11.5 Å². The van der Waals surface area contributed by atoms with Gasteiger partial charge in [-0.3, -0.25) is 9.59 Å². The van der Waals surface area contributed by atoms with Gasteiger partial charge >= 0.3 is 0 Å². The molecule has 3 rings (SSSR count). The van der Waals surface area contributed by atoms with Crippen LogP contribution in [0.3, 0.4) is 0 Å². The molecule has 0 aliphatic carbocycles. The van der Waals surface area contributed by atoms with Gasteiger partial charge in [0, 0.05) is 18.8 Å². The third-order valence-electron chi connectivity index (χ3n) is 3.86. The molecule has 0 bridgehead atoms. The second-order valence-electron chi connectivity index (χ2n) is 5.67. The molecule has 1 aliphatic heterocycles. The van der Waals surface area contributed by atoms with Gasteiger partial charge in [0.25, 0.3) is 5.91 Å². The van der Waals surface area contributed by atoms with Crippen LogP contribution < -0.4 is 20.3 Å². The van der Waals surface area contributed by atoms with Crippen LogP contribution in [-0.4, -0.2) is 43.2 Å². The number of hydrogen-bond donors (Lipinski definition) is 3. The summed E-state index contributed by atoms with van der Waals surface area (Å²) < 4.78 is 5.71. The molecule has 0 radical (unpaired) electrons. The van der Waals surface area contributed by atoms with Gasteiger partial charge in [-0.1, -0.05) is 18.2 Å². The van der Waals surface area contributed by atoms with Gasteiger partial charge in [0.05, 0.1) is 18.8 Å². The molecule has 2 aromatic carbocycles. The average Bonchev–Trinajstić information content (AvgIpc) is 2.60. The van der Waals surface area contributed by atoms with E-state index in [1.807, 2.05) is 18.2 Å². The standard InChI is InChI=1S/C18H19N3O4/c1-19-18(24)16-10-21(14-7-2-3-8-15(14)25-16)11-17(23)20-12-5-4-6-13(22)9-12/h2-9,16,22H,10-11H2,1H3,(H,19,24)(H,20,23). The Morgan fingerprint density at radius 1 is 1.24 bits per heavy atom. The van der Waals surface area contributed by atoms with Gasteiger partial charge in [0.2, 0.25) is 5.91 Å². The number of aromatic hydroxyl groups is 1. The maximum absolute atomic E-state index is 12.4. The van der Waals surface area contributed by atoms with Gasteiger partial charge in [-0.15, -0.1) is 0 Å². The summed E-state index contributed by atoms with van der Waals surface area (Å²) in [6, 6.07) is 13.6. The number of para-hydroxylation sites is 2. The van der Waals surface area contributed by atoms with E-state index in [9.17, 15) is 14.7 Å². The number of amides is 2. The van der Waals surface area contributed by atoms with E-state index >= 15 is 0 Å². The lowest BCUT2D eigenvalue weighted by Crippen LogP contribution is -2.50. The van der Waals surface area contributed by atoms with Crippen molar-refractivity contribution in [3.05, 3.63) is 48.5 Å². The molecule has 1 atom stereocenters. The predicted molar refractivity (Wildman–Crippen MR) is 93.9 cm³/mol. The fourth-order valence-electron chi connectivity index (χ4n) is 2.71. The number of hydrogen-bond acceptors (Lipinski definition) is 5. The van der Waals surface area contributed by atoms with E-state index in [1.165, 1.54) is 12.1 Å². The number of anilines is 2. The van der Waals surface area contributed by atoms with Crippen molar-refractivity contribution in [2.45, 2.75) is 6.10 Å². The molecule has 0 saturated carbocycles. The minimum Gasteiger partial charge on any atom is -0.508 e. The fourth-order valence-corrected chi connectivity index (χ4v) is 2.71. The van der Waals surface area contributed by atoms with Crippen molar-refractivity contribution in [1.82, 2.24) is 5.32 Å². The number of carbonyl (C=O) groups excluding carboxylic acids is 2. The van der Waals surface area contributed by atoms with Gasteiger partial charge < -0.3 is 25.4 Å². The molecular formula is C18H19N3O4. The zero-order chi connectivity index (χ0) is 17.8. The van der Waals surface area contributed by atoms with Crippen LogP contribution in [0.15, 0.2) is 48.5 Å². The minimum absolute atomic E-state index is 0.0591. The highest BCUT2D eigenvalue weighted by Gasteiger charge is 2.30. The number of phenolic OH excluding ortho intramolecular Hbond substituents is 1. The average molecular weight is 341 g/mol. The second kappa shape index (κ2) is 7.12. The quantitative estimate of drug-likeness (QED) is 0.781. The number of carbonyl (C=O) groups is 2. The first-order valence-corrected chi connectivity index (χ1v) is 7.88. The molecule has 0 spiro atoms. The lowest BCUT2D eigenvalue weighted by molar-refractivity contribution is -0.127. The predicted octanol–water partition coefficient (Wildman–Crippen LogP) is 1.34. The molecule has 25 heavy (non-hydrogen) atoms. The Labute approximate surface area is 145 Å². The summed E-state index contributed by atoms with van der Waals surface area (Å²) in [5.41, 5.74) is 1.27. The van der Waals surface area contributed by atoms with Crippen molar-refractivity contribution in [3.63, 3.8) is 0 Å². The number of fused-ring (bicyclic) bond motifs is 1. The van der Waals surface area contributed by atoms with Crippen molar-refractivity contribution in [1.29, 1.82) is 0 Å². The summed E-state index contributed by atoms with van der Waals surface area (Å²) in [5.74, 6) is 0.146. The molecule has 2 amide bonds. The minimum atomic E-state index is -0.687. The number of phenols is 1. The summed E-state index contributed by atoms with van der Waals surface area (Å²) in [4.78, 5) is 26.1. The van der Waals surface area contributed by atoms with Crippen molar-refractivity contribution in [3.8, 4) is 11.5 Å². The first-order valence-electron chi connectivity index (χ1n) is 7.88. The summed E-state index contributed by atoms with van der Waals surface area (Å²) in [6.07, 6.45) is -0.687. The first-order chi connectivity index (χ1) is 12.1. The molecule has 2 aromatic rings. The van der Waals surface area contributed by atoms with Gasteiger partial charge in [-0.05, 0) is 24.3 Å². The smallest absolute Gasteiger partial charge is 0.262 e. The van der Waals surface area contributed by atoms with Crippen LogP contribution in [0.4, 0.5) is 11.4 Å². The Kier molecular flexibility index (Phi) is 4.74. The van der Waals surface area contributed by atoms with E-state index in [-0.39, 0.29) is 30.7 Å². The Hall–Kier alpha value is -3.22. The Morgan fingerprint density at radius 2 is 2.04 bits per heavy atom. The van der Waals surface area contributed by atoms with E-state index in [4.69, 9.17) is 4.74 Å². The summed E-state index contributed by atoms with van der Waals surface area (Å²) in [6.45, 7) is 0.327. The van der Waals surface area contributed by atoms with Crippen LogP contribution in [0.5, 0.6) is 11.5 Å². The molecular weight excluding hydrogens is 322 g/mol. The number of benzene rings is 2. The summed E-state index contributed by atoms with van der Waals surface area (Å²) in [5, 5.41) is 14.8. The van der Waals surface area contributed by atoms with Crippen molar-refractivity contribution < 1.29 is 19.4 Å². The molecule has 7 heteroatoms. The molecule has 7 nitrogen and oxygen atoms in total. The topological polar surface area (TPSA) is 90.9 Å². The number of likely N-dealkylation sites (N-methyl/N-ethyl adjacent to an activating group) is 1. The number of ether oxygens (including phenoxy) is 1. The van der Waals surface area contributed by atoms with Crippen LogP contribution in [0.1, 0.15) is 0 Å². The van der Waals surface area contributed by atoms with E-state index in [1.54, 1.807) is 30.1 Å². The van der Waals surface area contributed by atoms with E-state index < -0.39 is 6.10 Å². The largest absolute Gasteiger partial charge is 0.508 e. The van der Waals surface area contributed by atoms with Crippen LogP contribution in [0.2, 0.25) is 0 Å². The van der Waals surface area contributed by atoms with Crippen LogP contribution >= 0.6 is 0 Å². The number of nitrogens with zero attached hydrogens (tertiary/aromatic N) is 1. The van der Waals surface area contributed by atoms with E-state index in [2.05, 4.69) is 10.6 Å². The monoisotopic (exact) mass is 341 g/mol. The van der Waals surface area contributed by atoms with Crippen molar-refractivity contribution in [2.75, 3.05) is 30.4 Å². The molecule has 1 heterocycles. The zero-order valence-corrected chi connectivity index (χ0v) is 13.7. The molecule has 0 fully saturated rings. The Morgan fingerprint density at radius 3 is 2.80 bits per heavy atom. The maximum atomic E-state index is 12.4. The highest BCUT2D eigenvalue weighted by Crippen LogP contribution is 2.33. The Balaban J connectivity index is 1.75. The summed E-state index contributed by atoms with van der Waals surface area (Å²) in [7, 11) is 1.55. The first kappa shape index (κ1) is 16.6. The number of rotatable bonds is 4. The molecule has 1 aliphatic rings. The van der Waals surface area contributed by atoms with Crippen molar-refractivity contribution in [2.24, 2.45) is 0 Å². The third kappa shape index (κ3) is 3.82. The lowest BCUT2D eigenvalue weighted by atomic mass is 10.1. The van der Waals surface area contributed by atoms with Gasteiger partial charge in [-0.2, -0.15) is 0 Å². The normalized spacial score (nSPS) is 15.7. The molecule has 1 unspecified atom stereocenters. The lowest BCUT2D eigenvalue weighted by Gasteiger charge is -2.34. The second-order valence-corrected chi connectivity index (χ2v) is 5.67. The maximum Gasteiger partial charge on any atom is 0.262 e. The van der Waals surface area contributed by atoms with E-state index in [0.29, 0.717) is 11.4 Å². The SMILES string of the molecule is CNC(=O)C1CN(CC(=O)Nc2cccc(O)c2)c2ccccc2O1. The van der Waals surface area contributed by atoms with Crippen molar-refractivity contribution >= 4 is 23.2 Å². The van der Waals surface area contributed by atoms with Crippen LogP contribution in [0.25, 0.3) is 0 Å². The summed E-state index contributed by atoms with van der Waals surface area (Å²) >= 11 is 0. The zero-order valence-electron chi connectivity index (χ0n) is 13.7. The molecule has 130 valence electrons. The molecule has 3 N–H and O–H groups in total. The molecule has 0 aromatic heterocycles. The van der Waals surface area contributed by atoms with Crippen LogP contribution in [-0.2, 0) is 9.59 Å². The molecule has 0 saturated heterocycles. The highest BCUT2D eigenvalue weighted by atomic mass is 16.5. The van der Waals surface area contributed by atoms with E-state index in [0.717, 1.165) is 5.69 Å². The van der Waals surface area contributed by atoms with Gasteiger partial charge in [-0.25, -0.2) is 0 Å². The fraction of sp³-hybridized carbons (Fsp3) is 0.222. The number of nitrogens with one attached hydrogen (secondary N) is 2. The Bertz CT molecular complexity index is 793. The van der Waals surface area contributed by atoms with Gasteiger partial charge in [0.15, 0.2) is 6.10 Å².